The summed E-state index contributed by atoms with van der Waals surface area (Å²) in [6.07, 6.45) is 1.19. The Labute approximate surface area is 99.5 Å². The van der Waals surface area contributed by atoms with Crippen LogP contribution >= 0.6 is 11.6 Å². The lowest BCUT2D eigenvalue weighted by molar-refractivity contribution is -0.102. The zero-order chi connectivity index (χ0) is 12.5. The van der Waals surface area contributed by atoms with Crippen LogP contribution in [0.25, 0.3) is 0 Å². The van der Waals surface area contributed by atoms with E-state index in [4.69, 9.17) is 16.3 Å². The number of aliphatic hydroxyl groups excluding tert-OH is 1. The Morgan fingerprint density at radius 2 is 2.19 bits per heavy atom. The second kappa shape index (κ2) is 4.75. The van der Waals surface area contributed by atoms with Crippen molar-refractivity contribution in [2.75, 3.05) is 12.9 Å². The maximum atomic E-state index is 11.4. The van der Waals surface area contributed by atoms with E-state index in [0.29, 0.717) is 6.61 Å². The topological polar surface area (TPSA) is 68.5 Å². The van der Waals surface area contributed by atoms with Crippen molar-refractivity contribution in [1.29, 1.82) is 0 Å². The van der Waals surface area contributed by atoms with Gasteiger partial charge in [0.2, 0.25) is 0 Å². The summed E-state index contributed by atoms with van der Waals surface area (Å²) in [5.41, 5.74) is 0.240. The summed E-state index contributed by atoms with van der Waals surface area (Å²) in [5.74, 6) is 0. The van der Waals surface area contributed by atoms with Gasteiger partial charge in [0.15, 0.2) is 16.1 Å². The molecule has 1 N–H and O–H groups in total. The highest BCUT2D eigenvalue weighted by molar-refractivity contribution is 7.90. The minimum atomic E-state index is -3.40. The summed E-state index contributed by atoms with van der Waals surface area (Å²) in [4.78, 5) is -0.00887. The van der Waals surface area contributed by atoms with Crippen LogP contribution in [-0.2, 0) is 21.6 Å². The van der Waals surface area contributed by atoms with E-state index in [0.717, 1.165) is 6.26 Å². The van der Waals surface area contributed by atoms with Crippen molar-refractivity contribution in [3.05, 3.63) is 16.9 Å². The average molecular weight is 268 g/mol. The predicted octanol–water partition coefficient (Wildman–Crippen LogP) is 1.11. The largest absolute Gasteiger partial charge is 0.363 e. The molecule has 0 radical (unpaired) electrons. The molecule has 0 saturated carbocycles. The van der Waals surface area contributed by atoms with Crippen molar-refractivity contribution in [3.63, 3.8) is 0 Å². The molecule has 0 aliphatic carbocycles. The number of hydrogen-bond acceptors (Lipinski definition) is 4. The Morgan fingerprint density at radius 1 is 1.62 bits per heavy atom. The second-order valence-corrected chi connectivity index (χ2v) is 5.75. The van der Waals surface area contributed by atoms with Crippen LogP contribution in [-0.4, -0.2) is 31.0 Å². The van der Waals surface area contributed by atoms with Crippen LogP contribution < -0.4 is 0 Å². The molecule has 0 fully saturated rings. The number of hydrogen-bond donors (Lipinski definition) is 1. The summed E-state index contributed by atoms with van der Waals surface area (Å²) < 4.78 is 29.2. The van der Waals surface area contributed by atoms with Gasteiger partial charge in [-0.3, -0.25) is 0 Å². The number of nitrogens with zero attached hydrogens (tertiary/aromatic N) is 1. The number of halogens is 1. The summed E-state index contributed by atoms with van der Waals surface area (Å²) in [7, 11) is -1.81. The average Bonchev–Trinajstić information content (AvgIpc) is 2.41. The van der Waals surface area contributed by atoms with Gasteiger partial charge in [-0.25, -0.2) is 8.42 Å². The fourth-order valence-electron chi connectivity index (χ4n) is 1.36. The van der Waals surface area contributed by atoms with E-state index in [9.17, 15) is 13.5 Å². The smallest absolute Gasteiger partial charge is 0.198 e. The van der Waals surface area contributed by atoms with Crippen LogP contribution in [0.3, 0.4) is 0 Å². The summed E-state index contributed by atoms with van der Waals surface area (Å²) in [5, 5.41) is 9.64. The molecular formula is C9H14ClNO4S. The van der Waals surface area contributed by atoms with Crippen molar-refractivity contribution < 1.29 is 18.3 Å². The molecule has 92 valence electrons. The highest BCUT2D eigenvalue weighted by Crippen LogP contribution is 2.31. The van der Waals surface area contributed by atoms with E-state index in [1.165, 1.54) is 10.8 Å². The first-order valence-electron chi connectivity index (χ1n) is 4.63. The predicted molar refractivity (Wildman–Crippen MR) is 60.1 cm³/mol. The zero-order valence-corrected chi connectivity index (χ0v) is 10.8. The molecule has 0 aromatic carbocycles. The van der Waals surface area contributed by atoms with Gasteiger partial charge >= 0.3 is 0 Å². The van der Waals surface area contributed by atoms with Crippen LogP contribution in [0.15, 0.2) is 11.1 Å². The van der Waals surface area contributed by atoms with E-state index in [-0.39, 0.29) is 15.6 Å². The van der Waals surface area contributed by atoms with Gasteiger partial charge in [-0.05, 0) is 6.92 Å². The molecule has 0 aliphatic rings. The minimum Gasteiger partial charge on any atom is -0.363 e. The Bertz CT molecular complexity index is 480. The Morgan fingerprint density at radius 3 is 2.56 bits per heavy atom. The molecule has 0 bridgehead atoms. The Balaban J connectivity index is 3.28. The molecule has 0 saturated heterocycles. The number of rotatable bonds is 4. The lowest BCUT2D eigenvalue weighted by atomic mass is 10.4. The highest BCUT2D eigenvalue weighted by atomic mass is 35.5. The standard InChI is InChI=1S/C9H14ClNO4S/c1-4-15-9(12)8-7(10)6(5-11(8)2)16(3,13)14/h5,9,12H,4H2,1-3H3. The molecule has 0 amide bonds. The first kappa shape index (κ1) is 13.5. The fraction of sp³-hybridized carbons (Fsp3) is 0.556. The quantitative estimate of drug-likeness (QED) is 0.830. The molecule has 5 nitrogen and oxygen atoms in total. The van der Waals surface area contributed by atoms with E-state index in [2.05, 4.69) is 0 Å². The molecule has 7 heteroatoms. The Hall–Kier alpha value is -0.560. The molecular weight excluding hydrogens is 254 g/mol. The molecule has 0 aliphatic heterocycles. The number of aliphatic hydroxyl groups is 1. The maximum Gasteiger partial charge on any atom is 0.198 e. The second-order valence-electron chi connectivity index (χ2n) is 3.38. The molecule has 16 heavy (non-hydrogen) atoms. The maximum absolute atomic E-state index is 11.4. The van der Waals surface area contributed by atoms with Gasteiger partial charge in [0.1, 0.15) is 4.90 Å². The summed E-state index contributed by atoms with van der Waals surface area (Å²) >= 11 is 5.90. The third-order valence-electron chi connectivity index (χ3n) is 2.09. The van der Waals surface area contributed by atoms with E-state index < -0.39 is 16.1 Å². The monoisotopic (exact) mass is 267 g/mol. The van der Waals surface area contributed by atoms with Gasteiger partial charge in [0.05, 0.1) is 10.7 Å². The molecule has 1 aromatic heterocycles. The van der Waals surface area contributed by atoms with Gasteiger partial charge in [-0.2, -0.15) is 0 Å². The lowest BCUT2D eigenvalue weighted by Gasteiger charge is -2.12. The molecule has 1 rings (SSSR count). The molecule has 0 spiro atoms. The molecule has 1 heterocycles. The molecule has 1 aromatic rings. The third kappa shape index (κ3) is 2.57. The summed E-state index contributed by atoms with van der Waals surface area (Å²) in [6.45, 7) is 2.02. The first-order chi connectivity index (χ1) is 7.29. The van der Waals surface area contributed by atoms with Crippen LogP contribution in [0.4, 0.5) is 0 Å². The van der Waals surface area contributed by atoms with Gasteiger partial charge in [-0.1, -0.05) is 11.6 Å². The number of sulfone groups is 1. The third-order valence-corrected chi connectivity index (χ3v) is 3.71. The van der Waals surface area contributed by atoms with E-state index in [1.54, 1.807) is 14.0 Å². The lowest BCUT2D eigenvalue weighted by Crippen LogP contribution is -2.08. The van der Waals surface area contributed by atoms with Gasteiger partial charge in [0.25, 0.3) is 0 Å². The SMILES string of the molecule is CCOC(O)c1c(Cl)c(S(C)(=O)=O)cn1C. The van der Waals surface area contributed by atoms with E-state index in [1.807, 2.05) is 0 Å². The normalized spacial score (nSPS) is 14.1. The number of aryl methyl sites for hydroxylation is 1. The first-order valence-corrected chi connectivity index (χ1v) is 6.90. The number of ether oxygens (including phenoxy) is 1. The van der Waals surface area contributed by atoms with Crippen molar-refractivity contribution in [2.24, 2.45) is 7.05 Å². The van der Waals surface area contributed by atoms with E-state index >= 15 is 0 Å². The van der Waals surface area contributed by atoms with Crippen LogP contribution in [0.2, 0.25) is 5.02 Å². The highest BCUT2D eigenvalue weighted by Gasteiger charge is 2.24. The van der Waals surface area contributed by atoms with Crippen molar-refractivity contribution >= 4 is 21.4 Å². The van der Waals surface area contributed by atoms with Crippen LogP contribution in [0, 0.1) is 0 Å². The van der Waals surface area contributed by atoms with Gasteiger partial charge < -0.3 is 14.4 Å². The Kier molecular flexibility index (Phi) is 4.01. The van der Waals surface area contributed by atoms with Crippen LogP contribution in [0.1, 0.15) is 18.9 Å². The van der Waals surface area contributed by atoms with Crippen molar-refractivity contribution in [3.8, 4) is 0 Å². The van der Waals surface area contributed by atoms with Gasteiger partial charge in [-0.15, -0.1) is 0 Å². The van der Waals surface area contributed by atoms with Crippen LogP contribution in [0.5, 0.6) is 0 Å². The molecule has 1 atom stereocenters. The number of aromatic nitrogens is 1. The zero-order valence-electron chi connectivity index (χ0n) is 9.27. The van der Waals surface area contributed by atoms with Crippen molar-refractivity contribution in [2.45, 2.75) is 18.1 Å². The van der Waals surface area contributed by atoms with Gasteiger partial charge in [0, 0.05) is 26.1 Å². The van der Waals surface area contributed by atoms with Crippen molar-refractivity contribution in [1.82, 2.24) is 4.57 Å². The summed E-state index contributed by atoms with van der Waals surface area (Å²) in [6, 6.07) is 0. The molecule has 1 unspecified atom stereocenters. The minimum absolute atomic E-state index is 0.00551. The fourth-order valence-corrected chi connectivity index (χ4v) is 2.84.